The largest absolute Gasteiger partial charge is 0.492 e. The Morgan fingerprint density at radius 3 is 2.49 bits per heavy atom. The molecule has 2 atom stereocenters. The molecule has 2 N–H and O–H groups in total. The molecule has 53 heavy (non-hydrogen) atoms. The van der Waals surface area contributed by atoms with E-state index >= 15 is 0 Å². The number of hydrogen-bond donors (Lipinski definition) is 2. The van der Waals surface area contributed by atoms with Gasteiger partial charge in [-0.05, 0) is 54.3 Å². The van der Waals surface area contributed by atoms with Gasteiger partial charge in [-0.25, -0.2) is 4.39 Å². The Morgan fingerprint density at radius 2 is 1.75 bits per heavy atom. The van der Waals surface area contributed by atoms with Gasteiger partial charge in [0, 0.05) is 47.0 Å². The molecule has 2 amide bonds. The summed E-state index contributed by atoms with van der Waals surface area (Å²) >= 11 is 6.58. The lowest BCUT2D eigenvalue weighted by Crippen LogP contribution is -2.45. The first kappa shape index (κ1) is 41.3. The standard InChI is InChI=1S/C42H47ClFN3O5.ClH/c1-42(2,3)28-47-35-21-20-31(43)25-33(35)39(52-37(41(47)49)26-38(48)46-27-30-16-8-9-18-34(30)44)32-17-10-19-36(40(32)50-4)51-24-12-23-45-22-11-15-29-13-6-5-7-14-29;/h5-11,13-21,25,37,39,45H,12,22-24,26-28H2,1-4H3,(H,46,48);1H/b15-11+;. The predicted molar refractivity (Wildman–Crippen MR) is 212 cm³/mol. The number of fused-ring (bicyclic) bond motifs is 1. The van der Waals surface area contributed by atoms with Gasteiger partial charge in [0.05, 0.1) is 20.1 Å². The van der Waals surface area contributed by atoms with Crippen molar-refractivity contribution in [2.24, 2.45) is 5.41 Å². The Bertz CT molecular complexity index is 1850. The summed E-state index contributed by atoms with van der Waals surface area (Å²) in [6.45, 7) is 8.38. The summed E-state index contributed by atoms with van der Waals surface area (Å²) < 4.78 is 33.1. The van der Waals surface area contributed by atoms with E-state index in [9.17, 15) is 14.0 Å². The van der Waals surface area contributed by atoms with Crippen LogP contribution in [0.3, 0.4) is 0 Å². The normalized spacial score (nSPS) is 15.7. The van der Waals surface area contributed by atoms with Gasteiger partial charge in [0.25, 0.3) is 5.91 Å². The molecule has 5 rings (SSSR count). The van der Waals surface area contributed by atoms with E-state index in [1.54, 1.807) is 42.3 Å². The molecular formula is C42H48Cl2FN3O5. The minimum Gasteiger partial charge on any atom is -0.492 e. The van der Waals surface area contributed by atoms with E-state index in [2.05, 4.69) is 34.9 Å². The smallest absolute Gasteiger partial charge is 0.256 e. The number of methoxy groups -OCH3 is 1. The summed E-state index contributed by atoms with van der Waals surface area (Å²) in [5.74, 6) is -0.253. The first-order chi connectivity index (χ1) is 25.0. The molecule has 0 saturated carbocycles. The van der Waals surface area contributed by atoms with E-state index in [0.717, 1.165) is 25.1 Å². The van der Waals surface area contributed by atoms with Gasteiger partial charge in [0.15, 0.2) is 11.5 Å². The highest BCUT2D eigenvalue weighted by atomic mass is 35.5. The van der Waals surface area contributed by atoms with Gasteiger partial charge in [-0.2, -0.15) is 0 Å². The van der Waals surface area contributed by atoms with Crippen LogP contribution < -0.4 is 25.0 Å². The summed E-state index contributed by atoms with van der Waals surface area (Å²) in [5.41, 5.74) is 3.11. The number of benzene rings is 4. The summed E-state index contributed by atoms with van der Waals surface area (Å²) in [7, 11) is 1.56. The van der Waals surface area contributed by atoms with Crippen LogP contribution in [0.25, 0.3) is 6.08 Å². The number of nitrogens with zero attached hydrogens (tertiary/aromatic N) is 1. The molecule has 4 aromatic rings. The lowest BCUT2D eigenvalue weighted by molar-refractivity contribution is -0.138. The topological polar surface area (TPSA) is 89.1 Å². The summed E-state index contributed by atoms with van der Waals surface area (Å²) in [4.78, 5) is 29.3. The van der Waals surface area contributed by atoms with Crippen LogP contribution in [-0.4, -0.2) is 51.3 Å². The van der Waals surface area contributed by atoms with Gasteiger partial charge in [-0.1, -0.05) is 105 Å². The van der Waals surface area contributed by atoms with Gasteiger partial charge in [0.1, 0.15) is 18.0 Å². The summed E-state index contributed by atoms with van der Waals surface area (Å²) in [6.07, 6.45) is 2.63. The number of hydrogen-bond acceptors (Lipinski definition) is 6. The van der Waals surface area contributed by atoms with Crippen molar-refractivity contribution in [2.45, 2.75) is 52.4 Å². The molecule has 1 aliphatic rings. The van der Waals surface area contributed by atoms with Crippen LogP contribution in [0.1, 0.15) is 62.0 Å². The quantitative estimate of drug-likeness (QED) is 0.118. The third kappa shape index (κ3) is 11.5. The fourth-order valence-electron chi connectivity index (χ4n) is 6.05. The molecule has 8 nitrogen and oxygen atoms in total. The number of para-hydroxylation sites is 1. The van der Waals surface area contributed by atoms with Crippen LogP contribution in [0, 0.1) is 11.2 Å². The third-order valence-electron chi connectivity index (χ3n) is 8.47. The van der Waals surface area contributed by atoms with Crippen LogP contribution in [0.4, 0.5) is 10.1 Å². The second-order valence-corrected chi connectivity index (χ2v) is 14.3. The minimum absolute atomic E-state index is 0. The number of carbonyl (C=O) groups excluding carboxylic acids is 2. The van der Waals surface area contributed by atoms with Crippen LogP contribution in [0.15, 0.2) is 97.1 Å². The molecule has 0 spiro atoms. The van der Waals surface area contributed by atoms with Crippen molar-refractivity contribution in [3.63, 3.8) is 0 Å². The van der Waals surface area contributed by atoms with E-state index in [1.165, 1.54) is 6.07 Å². The Labute approximate surface area is 323 Å². The molecule has 2 unspecified atom stereocenters. The van der Waals surface area contributed by atoms with E-state index in [1.807, 2.05) is 63.2 Å². The number of anilines is 1. The fraction of sp³-hybridized carbons (Fsp3) is 0.333. The van der Waals surface area contributed by atoms with Crippen LogP contribution in [-0.2, 0) is 20.9 Å². The summed E-state index contributed by atoms with van der Waals surface area (Å²) in [5, 5.41) is 6.63. The molecule has 11 heteroatoms. The predicted octanol–water partition coefficient (Wildman–Crippen LogP) is 8.56. The average Bonchev–Trinajstić information content (AvgIpc) is 3.22. The number of halogens is 3. The number of rotatable bonds is 15. The Kier molecular flexibility index (Phi) is 15.3. The first-order valence-corrected chi connectivity index (χ1v) is 17.9. The Balaban J connectivity index is 0.00000627. The molecule has 282 valence electrons. The van der Waals surface area contributed by atoms with Crippen molar-refractivity contribution in [1.82, 2.24) is 10.6 Å². The zero-order valence-electron chi connectivity index (χ0n) is 30.6. The molecular weight excluding hydrogens is 716 g/mol. The van der Waals surface area contributed by atoms with Crippen LogP contribution in [0.5, 0.6) is 11.5 Å². The van der Waals surface area contributed by atoms with Crippen molar-refractivity contribution in [3.05, 3.63) is 130 Å². The maximum Gasteiger partial charge on any atom is 0.256 e. The SMILES string of the molecule is COc1c(OCCCNC/C=C/c2ccccc2)cccc1C1OC(CC(=O)NCc2ccccc2F)C(=O)N(CC(C)(C)C)c2ccc(Cl)cc21.Cl. The third-order valence-corrected chi connectivity index (χ3v) is 8.70. The van der Waals surface area contributed by atoms with Crippen molar-refractivity contribution >= 4 is 47.6 Å². The number of nitrogens with one attached hydrogen (secondary N) is 2. The molecule has 0 aliphatic carbocycles. The number of amides is 2. The molecule has 1 heterocycles. The molecule has 0 aromatic heterocycles. The average molecular weight is 765 g/mol. The molecule has 0 fully saturated rings. The summed E-state index contributed by atoms with van der Waals surface area (Å²) in [6, 6.07) is 27.3. The van der Waals surface area contributed by atoms with Gasteiger partial charge in [0.2, 0.25) is 5.91 Å². The minimum atomic E-state index is -1.17. The Morgan fingerprint density at radius 1 is 1.00 bits per heavy atom. The van der Waals surface area contributed by atoms with Gasteiger partial charge in [-0.3, -0.25) is 9.59 Å². The van der Waals surface area contributed by atoms with Gasteiger partial charge in [-0.15, -0.1) is 12.4 Å². The molecule has 0 bridgehead atoms. The highest BCUT2D eigenvalue weighted by molar-refractivity contribution is 6.30. The monoisotopic (exact) mass is 763 g/mol. The molecule has 0 saturated heterocycles. The molecule has 0 radical (unpaired) electrons. The zero-order chi connectivity index (χ0) is 37.1. The maximum atomic E-state index is 14.3. The van der Waals surface area contributed by atoms with Crippen LogP contribution >= 0.6 is 24.0 Å². The highest BCUT2D eigenvalue weighted by Crippen LogP contribution is 2.45. The molecule has 1 aliphatic heterocycles. The van der Waals surface area contributed by atoms with Crippen LogP contribution in [0.2, 0.25) is 5.02 Å². The van der Waals surface area contributed by atoms with Crippen molar-refractivity contribution in [1.29, 1.82) is 0 Å². The fourth-order valence-corrected chi connectivity index (χ4v) is 6.24. The van der Waals surface area contributed by atoms with Crippen molar-refractivity contribution in [3.8, 4) is 11.5 Å². The van der Waals surface area contributed by atoms with Gasteiger partial charge < -0.3 is 29.7 Å². The second-order valence-electron chi connectivity index (χ2n) is 13.9. The second kappa shape index (κ2) is 19.6. The van der Waals surface area contributed by atoms with E-state index in [4.69, 9.17) is 25.8 Å². The van der Waals surface area contributed by atoms with E-state index in [0.29, 0.717) is 52.1 Å². The highest BCUT2D eigenvalue weighted by Gasteiger charge is 2.40. The first-order valence-electron chi connectivity index (χ1n) is 17.5. The number of carbonyl (C=O) groups is 2. The van der Waals surface area contributed by atoms with E-state index < -0.39 is 23.9 Å². The van der Waals surface area contributed by atoms with Gasteiger partial charge >= 0.3 is 0 Å². The lowest BCUT2D eigenvalue weighted by Gasteiger charge is -2.31. The lowest BCUT2D eigenvalue weighted by atomic mass is 9.94. The Hall–Kier alpha value is -4.41. The van der Waals surface area contributed by atoms with Crippen molar-refractivity contribution in [2.75, 3.05) is 38.3 Å². The molecule has 4 aromatic carbocycles. The van der Waals surface area contributed by atoms with E-state index in [-0.39, 0.29) is 36.7 Å². The maximum absolute atomic E-state index is 14.3. The zero-order valence-corrected chi connectivity index (χ0v) is 32.1. The number of ether oxygens (including phenoxy) is 3. The van der Waals surface area contributed by atoms with Crippen molar-refractivity contribution < 1.29 is 28.2 Å².